The molecule has 0 N–H and O–H groups in total. The molecular weight excluding hydrogens is 394 g/mol. The first-order valence-corrected chi connectivity index (χ1v) is 10.9. The Labute approximate surface area is 171 Å². The lowest BCUT2D eigenvalue weighted by Gasteiger charge is -2.35. The molecule has 10 heteroatoms. The number of sulfonamides is 1. The number of aryl methyl sites for hydroxylation is 1. The summed E-state index contributed by atoms with van der Waals surface area (Å²) >= 11 is 0. The number of nitrogens with zero attached hydrogens (tertiary/aromatic N) is 5. The molecule has 29 heavy (non-hydrogen) atoms. The summed E-state index contributed by atoms with van der Waals surface area (Å²) in [6.45, 7) is 10.9. The van der Waals surface area contributed by atoms with E-state index in [-0.39, 0.29) is 18.9 Å². The van der Waals surface area contributed by atoms with E-state index in [4.69, 9.17) is 0 Å². The Bertz CT molecular complexity index is 1050. The standard InChI is InChI=1S/C19H27N5O4S/c1-12-13(2)15(4)17(16(5)14(12)3)29(27,28)23-9-7-22(8-10-23)19-18(24(25)26)20-11-21(19)6/h11H,7-10H2,1-6H3. The maximum Gasteiger partial charge on any atom is 0.406 e. The van der Waals surface area contributed by atoms with Gasteiger partial charge < -0.3 is 15.0 Å². The van der Waals surface area contributed by atoms with Crippen molar-refractivity contribution in [1.82, 2.24) is 13.9 Å². The highest BCUT2D eigenvalue weighted by Gasteiger charge is 2.35. The summed E-state index contributed by atoms with van der Waals surface area (Å²) in [5.41, 5.74) is 4.68. The van der Waals surface area contributed by atoms with Gasteiger partial charge in [-0.2, -0.15) is 4.31 Å². The van der Waals surface area contributed by atoms with Gasteiger partial charge in [-0.1, -0.05) is 0 Å². The van der Waals surface area contributed by atoms with E-state index >= 15 is 0 Å². The van der Waals surface area contributed by atoms with Crippen LogP contribution in [0, 0.1) is 44.7 Å². The summed E-state index contributed by atoms with van der Waals surface area (Å²) in [4.78, 5) is 16.8. The van der Waals surface area contributed by atoms with Crippen LogP contribution in [0.25, 0.3) is 0 Å². The fourth-order valence-corrected chi connectivity index (χ4v) is 6.01. The predicted molar refractivity (Wildman–Crippen MR) is 111 cm³/mol. The van der Waals surface area contributed by atoms with Crippen molar-refractivity contribution in [3.63, 3.8) is 0 Å². The molecule has 0 atom stereocenters. The zero-order chi connectivity index (χ0) is 21.7. The van der Waals surface area contributed by atoms with Crippen molar-refractivity contribution in [3.05, 3.63) is 44.3 Å². The quantitative estimate of drug-likeness (QED) is 0.555. The molecule has 0 bridgehead atoms. The highest BCUT2D eigenvalue weighted by Crippen LogP contribution is 2.33. The third-order valence-corrected chi connectivity index (χ3v) is 8.30. The van der Waals surface area contributed by atoms with Gasteiger partial charge in [0.2, 0.25) is 22.2 Å². The lowest BCUT2D eigenvalue weighted by atomic mass is 9.95. The molecule has 0 saturated carbocycles. The van der Waals surface area contributed by atoms with Crippen LogP contribution in [-0.2, 0) is 17.1 Å². The van der Waals surface area contributed by atoms with Crippen LogP contribution >= 0.6 is 0 Å². The zero-order valence-electron chi connectivity index (χ0n) is 17.7. The van der Waals surface area contributed by atoms with Gasteiger partial charge in [-0.3, -0.25) is 4.57 Å². The van der Waals surface area contributed by atoms with Crippen LogP contribution < -0.4 is 4.90 Å². The topological polar surface area (TPSA) is 102 Å². The van der Waals surface area contributed by atoms with E-state index in [9.17, 15) is 18.5 Å². The highest BCUT2D eigenvalue weighted by molar-refractivity contribution is 7.89. The van der Waals surface area contributed by atoms with E-state index in [0.29, 0.717) is 23.8 Å². The minimum atomic E-state index is -3.66. The molecule has 0 spiro atoms. The third-order valence-electron chi connectivity index (χ3n) is 6.13. The van der Waals surface area contributed by atoms with Gasteiger partial charge in [0, 0.05) is 33.2 Å². The Morgan fingerprint density at radius 3 is 1.90 bits per heavy atom. The van der Waals surface area contributed by atoms with Crippen LogP contribution in [0.3, 0.4) is 0 Å². The third kappa shape index (κ3) is 3.40. The molecule has 0 aliphatic carbocycles. The summed E-state index contributed by atoms with van der Waals surface area (Å²) in [6, 6.07) is 0. The summed E-state index contributed by atoms with van der Waals surface area (Å²) in [5, 5.41) is 11.2. The monoisotopic (exact) mass is 421 g/mol. The second-order valence-corrected chi connectivity index (χ2v) is 9.48. The molecule has 1 aliphatic heterocycles. The molecule has 0 amide bonds. The number of rotatable bonds is 4. The molecule has 2 heterocycles. The first kappa shape index (κ1) is 21.3. The molecule has 2 aromatic rings. The molecule has 1 aliphatic rings. The Hall–Kier alpha value is -2.46. The van der Waals surface area contributed by atoms with Crippen molar-refractivity contribution in [2.75, 3.05) is 31.1 Å². The van der Waals surface area contributed by atoms with Crippen LogP contribution in [0.1, 0.15) is 27.8 Å². The number of imidazole rings is 1. The number of piperazine rings is 1. The molecule has 1 aromatic heterocycles. The van der Waals surface area contributed by atoms with Crippen molar-refractivity contribution in [2.24, 2.45) is 7.05 Å². The first-order valence-electron chi connectivity index (χ1n) is 9.46. The smallest absolute Gasteiger partial charge is 0.358 e. The Kier molecular flexibility index (Phi) is 5.44. The van der Waals surface area contributed by atoms with E-state index in [1.165, 1.54) is 10.6 Å². The van der Waals surface area contributed by atoms with E-state index in [0.717, 1.165) is 27.8 Å². The maximum atomic E-state index is 13.5. The van der Waals surface area contributed by atoms with Crippen LogP contribution in [-0.4, -0.2) is 53.4 Å². The van der Waals surface area contributed by atoms with Gasteiger partial charge in [0.15, 0.2) is 0 Å². The van der Waals surface area contributed by atoms with Crippen molar-refractivity contribution in [3.8, 4) is 0 Å². The van der Waals surface area contributed by atoms with E-state index in [1.54, 1.807) is 11.6 Å². The Morgan fingerprint density at radius 1 is 0.931 bits per heavy atom. The summed E-state index contributed by atoms with van der Waals surface area (Å²) in [5.74, 6) is 0.196. The van der Waals surface area contributed by atoms with Crippen molar-refractivity contribution >= 4 is 21.7 Å². The van der Waals surface area contributed by atoms with Crippen LogP contribution in [0.4, 0.5) is 11.6 Å². The maximum absolute atomic E-state index is 13.5. The average molecular weight is 422 g/mol. The number of anilines is 1. The van der Waals surface area contributed by atoms with Crippen molar-refractivity contribution in [1.29, 1.82) is 0 Å². The molecule has 158 valence electrons. The largest absolute Gasteiger partial charge is 0.406 e. The highest BCUT2D eigenvalue weighted by atomic mass is 32.2. The molecule has 1 aromatic carbocycles. The Balaban J connectivity index is 1.91. The fourth-order valence-electron chi connectivity index (χ4n) is 4.03. The van der Waals surface area contributed by atoms with Gasteiger partial charge in [0.1, 0.15) is 0 Å². The molecule has 3 rings (SSSR count). The predicted octanol–water partition coefficient (Wildman–Crippen LogP) is 2.38. The van der Waals surface area contributed by atoms with Gasteiger partial charge in [-0.25, -0.2) is 8.42 Å². The van der Waals surface area contributed by atoms with Gasteiger partial charge in [0.25, 0.3) is 0 Å². The number of nitro groups is 1. The first-order chi connectivity index (χ1) is 13.5. The molecular formula is C19H27N5O4S. The zero-order valence-corrected chi connectivity index (χ0v) is 18.5. The minimum absolute atomic E-state index is 0.208. The molecule has 0 unspecified atom stereocenters. The molecule has 1 fully saturated rings. The minimum Gasteiger partial charge on any atom is -0.358 e. The SMILES string of the molecule is Cc1c(C)c(C)c(S(=O)(=O)N2CCN(c3c([N+](=O)[O-])ncn3C)CC2)c(C)c1C. The van der Waals surface area contributed by atoms with Gasteiger partial charge in [0.05, 0.1) is 4.90 Å². The van der Waals surface area contributed by atoms with Crippen molar-refractivity contribution < 1.29 is 13.3 Å². The van der Waals surface area contributed by atoms with E-state index in [2.05, 4.69) is 4.98 Å². The lowest BCUT2D eigenvalue weighted by Crippen LogP contribution is -2.49. The molecule has 0 radical (unpaired) electrons. The van der Waals surface area contributed by atoms with Crippen LogP contribution in [0.2, 0.25) is 0 Å². The second kappa shape index (κ2) is 7.42. The van der Waals surface area contributed by atoms with E-state index in [1.807, 2.05) is 39.5 Å². The molecule has 1 saturated heterocycles. The number of hydrogen-bond donors (Lipinski definition) is 0. The number of hydrogen-bond acceptors (Lipinski definition) is 6. The summed E-state index contributed by atoms with van der Waals surface area (Å²) < 4.78 is 30.0. The van der Waals surface area contributed by atoms with Crippen LogP contribution in [0.5, 0.6) is 0 Å². The number of aromatic nitrogens is 2. The summed E-state index contributed by atoms with van der Waals surface area (Å²) in [6.07, 6.45) is 1.40. The number of benzene rings is 1. The fraction of sp³-hybridized carbons (Fsp3) is 0.526. The lowest BCUT2D eigenvalue weighted by molar-refractivity contribution is -0.388. The average Bonchev–Trinajstić information content (AvgIpc) is 3.06. The summed E-state index contributed by atoms with van der Waals surface area (Å²) in [7, 11) is -1.97. The molecule has 9 nitrogen and oxygen atoms in total. The van der Waals surface area contributed by atoms with E-state index < -0.39 is 14.9 Å². The van der Waals surface area contributed by atoms with Gasteiger partial charge >= 0.3 is 5.82 Å². The normalized spacial score (nSPS) is 15.7. The van der Waals surface area contributed by atoms with Gasteiger partial charge in [-0.05, 0) is 72.3 Å². The van der Waals surface area contributed by atoms with Crippen LogP contribution in [0.15, 0.2) is 11.2 Å². The second-order valence-electron chi connectivity index (χ2n) is 7.61. The Morgan fingerprint density at radius 2 is 1.41 bits per heavy atom. The van der Waals surface area contributed by atoms with Crippen molar-refractivity contribution in [2.45, 2.75) is 39.5 Å². The van der Waals surface area contributed by atoms with Gasteiger partial charge in [-0.15, -0.1) is 0 Å².